The molecule has 2 nitrogen and oxygen atoms in total. The van der Waals surface area contributed by atoms with E-state index in [0.717, 1.165) is 0 Å². The Morgan fingerprint density at radius 2 is 1.25 bits per heavy atom. The summed E-state index contributed by atoms with van der Waals surface area (Å²) in [7, 11) is 0. The lowest BCUT2D eigenvalue weighted by Crippen LogP contribution is -1.26. The Morgan fingerprint density at radius 1 is 1.00 bits per heavy atom. The number of allylic oxidation sites excluding steroid dienone is 2. The van der Waals surface area contributed by atoms with Gasteiger partial charge in [-0.15, -0.1) is 0 Å². The van der Waals surface area contributed by atoms with Crippen LogP contribution in [0.1, 0.15) is 13.8 Å². The first kappa shape index (κ1) is 9.87. The van der Waals surface area contributed by atoms with Gasteiger partial charge in [0.25, 0.3) is 0 Å². The van der Waals surface area contributed by atoms with Gasteiger partial charge in [0.2, 0.25) is 0 Å². The molecule has 42 valence electrons. The molecule has 0 amide bonds. The van der Waals surface area contributed by atoms with Crippen molar-refractivity contribution in [2.24, 2.45) is 0 Å². The topological polar surface area (TPSA) is 47.6 Å². The first-order chi connectivity index (χ1) is 3.83. The molecule has 0 N–H and O–H groups in total. The number of hydrogen-bond acceptors (Lipinski definition) is 2. The number of hydrogen-bond donors (Lipinski definition) is 0. The lowest BCUT2D eigenvalue weighted by Gasteiger charge is -1.49. The molecule has 0 rings (SSSR count). The van der Waals surface area contributed by atoms with Crippen molar-refractivity contribution >= 4 is 0 Å². The zero-order chi connectivity index (χ0) is 6.83. The normalized spacial score (nSPS) is 6.00. The smallest absolute Gasteiger partial charge is 0.181 e. The van der Waals surface area contributed by atoms with E-state index >= 15 is 0 Å². The molecule has 0 heterocycles. The van der Waals surface area contributed by atoms with Crippen LogP contribution in [-0.4, -0.2) is 0 Å². The molecule has 0 bridgehead atoms. The fourth-order valence-corrected chi connectivity index (χ4v) is 0. The molecule has 0 aromatic carbocycles. The minimum absolute atomic E-state index is 1.24. The summed E-state index contributed by atoms with van der Waals surface area (Å²) in [6.45, 7) is 4.00. The van der Waals surface area contributed by atoms with Crippen molar-refractivity contribution in [1.29, 1.82) is 10.5 Å². The van der Waals surface area contributed by atoms with Crippen LogP contribution < -0.4 is 0 Å². The van der Waals surface area contributed by atoms with Gasteiger partial charge in [0.15, 0.2) is 12.1 Å². The van der Waals surface area contributed by atoms with E-state index < -0.39 is 0 Å². The van der Waals surface area contributed by atoms with E-state index in [1.165, 1.54) is 12.1 Å². The van der Waals surface area contributed by atoms with Crippen molar-refractivity contribution in [2.75, 3.05) is 0 Å². The standard InChI is InChI=1S/C4H8.C2N2/c1-3-4-2;3-1-2-4/h3-4H,1-2H3;. The average molecular weight is 108 g/mol. The molecule has 0 radical (unpaired) electrons. The molecule has 2 heteroatoms. The van der Waals surface area contributed by atoms with Crippen molar-refractivity contribution < 1.29 is 0 Å². The van der Waals surface area contributed by atoms with Crippen LogP contribution in [0.3, 0.4) is 0 Å². The van der Waals surface area contributed by atoms with Crippen LogP contribution in [0.15, 0.2) is 12.2 Å². The van der Waals surface area contributed by atoms with Gasteiger partial charge < -0.3 is 0 Å². The van der Waals surface area contributed by atoms with Gasteiger partial charge in [0.05, 0.1) is 0 Å². The minimum atomic E-state index is 1.24. The summed E-state index contributed by atoms with van der Waals surface area (Å²) in [4.78, 5) is 0. The van der Waals surface area contributed by atoms with Crippen LogP contribution in [0.25, 0.3) is 0 Å². The van der Waals surface area contributed by atoms with E-state index in [4.69, 9.17) is 10.5 Å². The molecule has 8 heavy (non-hydrogen) atoms. The van der Waals surface area contributed by atoms with Gasteiger partial charge in [0.1, 0.15) is 0 Å². The first-order valence-corrected chi connectivity index (χ1v) is 2.19. The number of nitrogens with zero attached hydrogens (tertiary/aromatic N) is 2. The summed E-state index contributed by atoms with van der Waals surface area (Å²) in [6.07, 6.45) is 4.00. The molecule has 0 spiro atoms. The van der Waals surface area contributed by atoms with Crippen molar-refractivity contribution in [2.45, 2.75) is 13.8 Å². The Kier molecular flexibility index (Phi) is 21.2. The van der Waals surface area contributed by atoms with Crippen LogP contribution in [0.2, 0.25) is 0 Å². The van der Waals surface area contributed by atoms with Crippen molar-refractivity contribution in [1.82, 2.24) is 0 Å². The highest BCUT2D eigenvalue weighted by Gasteiger charge is 1.39. The molecule has 0 aliphatic heterocycles. The maximum absolute atomic E-state index is 7.26. The van der Waals surface area contributed by atoms with E-state index in [9.17, 15) is 0 Å². The molecule has 0 saturated heterocycles. The van der Waals surface area contributed by atoms with Gasteiger partial charge >= 0.3 is 0 Å². The Balaban J connectivity index is 0. The summed E-state index contributed by atoms with van der Waals surface area (Å²) < 4.78 is 0. The quantitative estimate of drug-likeness (QED) is 0.442. The number of nitriles is 2. The fourth-order valence-electron chi connectivity index (χ4n) is 0. The lowest BCUT2D eigenvalue weighted by molar-refractivity contribution is 1.49. The molecule has 0 aromatic rings. The average Bonchev–Trinajstić information content (AvgIpc) is 1.88. The zero-order valence-corrected chi connectivity index (χ0v) is 5.05. The molecular weight excluding hydrogens is 100 g/mol. The van der Waals surface area contributed by atoms with Gasteiger partial charge in [-0.05, 0) is 13.8 Å². The molecule has 0 aliphatic rings. The monoisotopic (exact) mass is 108 g/mol. The summed E-state index contributed by atoms with van der Waals surface area (Å²) in [5, 5.41) is 14.5. The predicted octanol–water partition coefficient (Wildman–Crippen LogP) is 1.62. The second-order valence-electron chi connectivity index (χ2n) is 0.890. The van der Waals surface area contributed by atoms with Crippen LogP contribution in [0.5, 0.6) is 0 Å². The second-order valence-corrected chi connectivity index (χ2v) is 0.890. The zero-order valence-electron chi connectivity index (χ0n) is 5.05. The third-order valence-electron chi connectivity index (χ3n) is 0.383. The maximum atomic E-state index is 7.26. The first-order valence-electron chi connectivity index (χ1n) is 2.19. The van der Waals surface area contributed by atoms with E-state index in [2.05, 4.69) is 0 Å². The minimum Gasteiger partial charge on any atom is -0.181 e. The molecule has 0 aromatic heterocycles. The molecular formula is C6H8N2. The Labute approximate surface area is 49.7 Å². The third kappa shape index (κ3) is 126. The van der Waals surface area contributed by atoms with Crippen molar-refractivity contribution in [3.63, 3.8) is 0 Å². The molecule has 0 unspecified atom stereocenters. The van der Waals surface area contributed by atoms with Gasteiger partial charge in [-0.25, -0.2) is 0 Å². The molecule has 0 fully saturated rings. The summed E-state index contributed by atoms with van der Waals surface area (Å²) >= 11 is 0. The Morgan fingerprint density at radius 3 is 1.25 bits per heavy atom. The summed E-state index contributed by atoms with van der Waals surface area (Å²) in [6, 6.07) is 2.47. The van der Waals surface area contributed by atoms with Gasteiger partial charge in [-0.1, -0.05) is 12.2 Å². The second kappa shape index (κ2) is 17.2. The van der Waals surface area contributed by atoms with Gasteiger partial charge in [0, 0.05) is 0 Å². The molecule has 0 atom stereocenters. The predicted molar refractivity (Wildman–Crippen MR) is 31.7 cm³/mol. The highest BCUT2D eigenvalue weighted by atomic mass is 14.3. The fraction of sp³-hybridized carbons (Fsp3) is 0.333. The highest BCUT2D eigenvalue weighted by Crippen LogP contribution is 1.57. The summed E-state index contributed by atoms with van der Waals surface area (Å²) in [5.41, 5.74) is 0. The molecule has 0 saturated carbocycles. The maximum Gasteiger partial charge on any atom is 0.181 e. The Hall–Kier alpha value is -1.28. The highest BCUT2D eigenvalue weighted by molar-refractivity contribution is 4.99. The van der Waals surface area contributed by atoms with Crippen molar-refractivity contribution in [3.8, 4) is 12.1 Å². The van der Waals surface area contributed by atoms with Crippen LogP contribution in [-0.2, 0) is 0 Å². The summed E-state index contributed by atoms with van der Waals surface area (Å²) in [5.74, 6) is 0. The van der Waals surface area contributed by atoms with Gasteiger partial charge in [-0.3, -0.25) is 0 Å². The van der Waals surface area contributed by atoms with E-state index in [1.54, 1.807) is 0 Å². The third-order valence-corrected chi connectivity index (χ3v) is 0.383. The number of rotatable bonds is 0. The van der Waals surface area contributed by atoms with Crippen LogP contribution in [0.4, 0.5) is 0 Å². The van der Waals surface area contributed by atoms with Crippen molar-refractivity contribution in [3.05, 3.63) is 12.2 Å². The van der Waals surface area contributed by atoms with Crippen LogP contribution >= 0.6 is 0 Å². The Bertz CT molecular complexity index is 106. The van der Waals surface area contributed by atoms with E-state index in [-0.39, 0.29) is 0 Å². The van der Waals surface area contributed by atoms with Crippen LogP contribution in [0, 0.1) is 22.7 Å². The largest absolute Gasteiger partial charge is 0.181 e. The SMILES string of the molecule is CC=CC.N#CC#N. The van der Waals surface area contributed by atoms with E-state index in [1.807, 2.05) is 26.0 Å². The van der Waals surface area contributed by atoms with Gasteiger partial charge in [-0.2, -0.15) is 10.5 Å². The lowest BCUT2D eigenvalue weighted by atomic mass is 10.6. The van der Waals surface area contributed by atoms with E-state index in [0.29, 0.717) is 0 Å². The molecule has 0 aliphatic carbocycles.